The fourth-order valence-electron chi connectivity index (χ4n) is 10.2. The third-order valence-corrected chi connectivity index (χ3v) is 13.9. The summed E-state index contributed by atoms with van der Waals surface area (Å²) in [4.78, 5) is 9.39. The van der Waals surface area contributed by atoms with Crippen LogP contribution >= 0.6 is 0 Å². The molecule has 354 valence electrons. The molecule has 0 saturated heterocycles. The van der Waals surface area contributed by atoms with Gasteiger partial charge in [-0.05, 0) is 169 Å². The maximum atomic E-state index is 2.38. The number of aryl methyl sites for hydroxylation is 2. The van der Waals surface area contributed by atoms with E-state index in [-0.39, 0.29) is 0 Å². The molecule has 74 heavy (non-hydrogen) atoms. The van der Waals surface area contributed by atoms with Crippen molar-refractivity contribution in [3.8, 4) is 11.1 Å². The molecular formula is C70H54N4. The van der Waals surface area contributed by atoms with Crippen molar-refractivity contribution in [3.05, 3.63) is 302 Å². The molecule has 0 fully saturated rings. The van der Waals surface area contributed by atoms with Crippen molar-refractivity contribution in [3.63, 3.8) is 0 Å². The molecule has 0 N–H and O–H groups in total. The van der Waals surface area contributed by atoms with Crippen LogP contribution < -0.4 is 19.6 Å². The number of rotatable bonds is 13. The van der Waals surface area contributed by atoms with E-state index in [1.54, 1.807) is 0 Å². The van der Waals surface area contributed by atoms with Crippen LogP contribution in [0.2, 0.25) is 0 Å². The van der Waals surface area contributed by atoms with Crippen LogP contribution in [0.15, 0.2) is 291 Å². The number of hydrogen-bond donors (Lipinski definition) is 0. The van der Waals surface area contributed by atoms with Gasteiger partial charge in [0, 0.05) is 67.6 Å². The van der Waals surface area contributed by atoms with Crippen LogP contribution in [0, 0.1) is 13.8 Å². The molecule has 0 aromatic heterocycles. The Morgan fingerprint density at radius 2 is 0.432 bits per heavy atom. The number of fused-ring (bicyclic) bond motifs is 2. The van der Waals surface area contributed by atoms with E-state index in [1.165, 1.54) is 32.7 Å². The first-order valence-corrected chi connectivity index (χ1v) is 25.3. The molecule has 0 radical (unpaired) electrons. The summed E-state index contributed by atoms with van der Waals surface area (Å²) >= 11 is 0. The summed E-state index contributed by atoms with van der Waals surface area (Å²) in [6.07, 6.45) is 0. The highest BCUT2D eigenvalue weighted by Gasteiger charge is 2.20. The van der Waals surface area contributed by atoms with E-state index < -0.39 is 0 Å². The minimum Gasteiger partial charge on any atom is -0.311 e. The lowest BCUT2D eigenvalue weighted by Crippen LogP contribution is -2.12. The van der Waals surface area contributed by atoms with Gasteiger partial charge in [-0.15, -0.1) is 0 Å². The van der Waals surface area contributed by atoms with Gasteiger partial charge in [-0.25, -0.2) is 0 Å². The van der Waals surface area contributed by atoms with Crippen LogP contribution in [-0.2, 0) is 0 Å². The van der Waals surface area contributed by atoms with Crippen molar-refractivity contribution in [2.75, 3.05) is 19.6 Å². The van der Waals surface area contributed by atoms with Crippen LogP contribution in [-0.4, -0.2) is 0 Å². The van der Waals surface area contributed by atoms with E-state index in [0.29, 0.717) is 0 Å². The van der Waals surface area contributed by atoms with Crippen molar-refractivity contribution in [1.82, 2.24) is 0 Å². The fraction of sp³-hybridized carbons (Fsp3) is 0.0286. The van der Waals surface area contributed by atoms with E-state index in [1.807, 2.05) is 0 Å². The Morgan fingerprint density at radius 1 is 0.189 bits per heavy atom. The van der Waals surface area contributed by atoms with E-state index >= 15 is 0 Å². The summed E-state index contributed by atoms with van der Waals surface area (Å²) < 4.78 is 0. The normalized spacial score (nSPS) is 11.1. The molecular weight excluding hydrogens is 897 g/mol. The van der Waals surface area contributed by atoms with Crippen molar-refractivity contribution < 1.29 is 0 Å². The Balaban J connectivity index is 0.890. The molecule has 4 heteroatoms. The van der Waals surface area contributed by atoms with Gasteiger partial charge >= 0.3 is 0 Å². The minimum atomic E-state index is 1.07. The fourth-order valence-corrected chi connectivity index (χ4v) is 10.2. The number of nitrogens with zero attached hydrogens (tertiary/aromatic N) is 4. The molecule has 0 heterocycles. The van der Waals surface area contributed by atoms with E-state index in [0.717, 1.165) is 79.4 Å². The van der Waals surface area contributed by atoms with Crippen LogP contribution in [0.4, 0.5) is 68.2 Å². The second kappa shape index (κ2) is 20.2. The largest absolute Gasteiger partial charge is 0.311 e. The number of para-hydroxylation sites is 2. The molecule has 0 aliphatic heterocycles. The summed E-state index contributed by atoms with van der Waals surface area (Å²) in [5, 5.41) is 4.77. The molecule has 0 unspecified atom stereocenters. The highest BCUT2D eigenvalue weighted by atomic mass is 15.2. The van der Waals surface area contributed by atoms with Gasteiger partial charge in [0.15, 0.2) is 0 Å². The molecule has 0 amide bonds. The molecule has 0 aliphatic carbocycles. The lowest BCUT2D eigenvalue weighted by atomic mass is 10.0. The summed E-state index contributed by atoms with van der Waals surface area (Å²) in [7, 11) is 0. The van der Waals surface area contributed by atoms with Crippen molar-refractivity contribution >= 4 is 89.8 Å². The third kappa shape index (κ3) is 9.13. The minimum absolute atomic E-state index is 1.07. The van der Waals surface area contributed by atoms with Crippen molar-refractivity contribution in [2.24, 2.45) is 0 Å². The Kier molecular flexibility index (Phi) is 12.4. The first kappa shape index (κ1) is 45.5. The predicted octanol–water partition coefficient (Wildman–Crippen LogP) is 20.2. The molecule has 12 aromatic carbocycles. The summed E-state index contributed by atoms with van der Waals surface area (Å²) in [5.74, 6) is 0. The van der Waals surface area contributed by atoms with Gasteiger partial charge < -0.3 is 19.6 Å². The van der Waals surface area contributed by atoms with Gasteiger partial charge in [0.1, 0.15) is 0 Å². The number of benzene rings is 12. The second-order valence-corrected chi connectivity index (χ2v) is 18.8. The maximum absolute atomic E-state index is 2.38. The molecule has 0 aliphatic rings. The van der Waals surface area contributed by atoms with Gasteiger partial charge in [-0.2, -0.15) is 0 Å². The van der Waals surface area contributed by atoms with E-state index in [9.17, 15) is 0 Å². The molecule has 12 aromatic rings. The highest BCUT2D eigenvalue weighted by molar-refractivity contribution is 6.01. The number of anilines is 12. The first-order chi connectivity index (χ1) is 36.5. The SMILES string of the molecule is Cc1ccc(N(c2ccccc2)c2ccc(N(c3ccc(-c4ccc(N(c5ccc(N(c6ccccc6)c6ccc(C)cc6)cc5)c5cccc6ccccc56)cc4)cc3)c3cccc4ccccc34)cc2)cc1. The first-order valence-electron chi connectivity index (χ1n) is 25.3. The average Bonchev–Trinajstić information content (AvgIpc) is 3.46. The molecule has 4 nitrogen and oxygen atoms in total. The molecule has 0 bridgehead atoms. The molecule has 12 rings (SSSR count). The van der Waals surface area contributed by atoms with Crippen molar-refractivity contribution in [2.45, 2.75) is 13.8 Å². The zero-order valence-corrected chi connectivity index (χ0v) is 41.5. The highest BCUT2D eigenvalue weighted by Crippen LogP contribution is 2.44. The Morgan fingerprint density at radius 3 is 0.770 bits per heavy atom. The quantitative estimate of drug-likeness (QED) is 0.114. The Bertz CT molecular complexity index is 3550. The monoisotopic (exact) mass is 950 g/mol. The molecule has 0 atom stereocenters. The summed E-state index contributed by atoms with van der Waals surface area (Å²) in [6, 6.07) is 105. The zero-order valence-electron chi connectivity index (χ0n) is 41.5. The lowest BCUT2D eigenvalue weighted by molar-refractivity contribution is 1.26. The summed E-state index contributed by atoms with van der Waals surface area (Å²) in [5.41, 5.74) is 17.9. The van der Waals surface area contributed by atoms with E-state index in [2.05, 4.69) is 325 Å². The third-order valence-electron chi connectivity index (χ3n) is 13.9. The smallest absolute Gasteiger partial charge is 0.0540 e. The predicted molar refractivity (Wildman–Crippen MR) is 315 cm³/mol. The van der Waals surface area contributed by atoms with Gasteiger partial charge in [-0.3, -0.25) is 0 Å². The Labute approximate surface area is 434 Å². The lowest BCUT2D eigenvalue weighted by Gasteiger charge is -2.29. The standard InChI is InChI=1S/C70H54N4/c1-51-27-35-59(36-28-51)71(57-19-5-3-6-20-57)61-43-47-65(48-44-61)73(69-25-13-17-55-15-9-11-23-67(55)69)63-39-31-53(32-40-63)54-33-41-64(42-34-54)74(70-26-14-18-56-16-10-12-24-68(56)70)66-49-45-62(46-50-66)72(58-21-7-4-8-22-58)60-37-29-52(2)30-38-60/h3-50H,1-2H3. The second-order valence-electron chi connectivity index (χ2n) is 18.8. The average molecular weight is 951 g/mol. The van der Waals surface area contributed by atoms with Crippen LogP contribution in [0.25, 0.3) is 32.7 Å². The van der Waals surface area contributed by atoms with Crippen molar-refractivity contribution in [1.29, 1.82) is 0 Å². The Hall–Kier alpha value is -9.64. The number of hydrogen-bond acceptors (Lipinski definition) is 4. The molecule has 0 saturated carbocycles. The maximum Gasteiger partial charge on any atom is 0.0540 e. The molecule has 0 spiro atoms. The summed E-state index contributed by atoms with van der Waals surface area (Å²) in [6.45, 7) is 4.26. The van der Waals surface area contributed by atoms with Gasteiger partial charge in [0.05, 0.1) is 11.4 Å². The van der Waals surface area contributed by atoms with Crippen LogP contribution in [0.1, 0.15) is 11.1 Å². The topological polar surface area (TPSA) is 13.0 Å². The zero-order chi connectivity index (χ0) is 49.8. The van der Waals surface area contributed by atoms with Gasteiger partial charge in [0.25, 0.3) is 0 Å². The van der Waals surface area contributed by atoms with Gasteiger partial charge in [0.2, 0.25) is 0 Å². The van der Waals surface area contributed by atoms with Crippen LogP contribution in [0.5, 0.6) is 0 Å². The van der Waals surface area contributed by atoms with Gasteiger partial charge in [-0.1, -0.05) is 169 Å². The van der Waals surface area contributed by atoms with Crippen LogP contribution in [0.3, 0.4) is 0 Å². The van der Waals surface area contributed by atoms with E-state index in [4.69, 9.17) is 0 Å².